The molecule has 0 atom stereocenters. The van der Waals surface area contributed by atoms with Crippen molar-refractivity contribution in [3.8, 4) is 0 Å². The highest BCUT2D eigenvalue weighted by atomic mass is 15.3. The van der Waals surface area contributed by atoms with Crippen molar-refractivity contribution < 1.29 is 0 Å². The van der Waals surface area contributed by atoms with Crippen LogP contribution in [0.25, 0.3) is 0 Å². The summed E-state index contributed by atoms with van der Waals surface area (Å²) >= 11 is 0. The Labute approximate surface area is 110 Å². The van der Waals surface area contributed by atoms with Crippen LogP contribution < -0.4 is 10.2 Å². The minimum Gasteiger partial charge on any atom is -0.370 e. The van der Waals surface area contributed by atoms with Crippen LogP contribution in [0.2, 0.25) is 0 Å². The summed E-state index contributed by atoms with van der Waals surface area (Å²) in [5.41, 5.74) is 2.60. The number of hydrogen-bond acceptors (Lipinski definition) is 4. The predicted octanol–water partition coefficient (Wildman–Crippen LogP) is 2.63. The zero-order valence-electron chi connectivity index (χ0n) is 11.8. The first kappa shape index (κ1) is 13.1. The van der Waals surface area contributed by atoms with E-state index in [0.29, 0.717) is 0 Å². The number of aryl methyl sites for hydroxylation is 1. The first-order valence-corrected chi connectivity index (χ1v) is 7.18. The third-order valence-corrected chi connectivity index (χ3v) is 3.51. The van der Waals surface area contributed by atoms with Crippen LogP contribution in [-0.4, -0.2) is 29.6 Å². The van der Waals surface area contributed by atoms with Crippen molar-refractivity contribution in [2.75, 3.05) is 29.9 Å². The maximum Gasteiger partial charge on any atom is 0.227 e. The Hall–Kier alpha value is -1.32. The first-order valence-electron chi connectivity index (χ1n) is 7.18. The van der Waals surface area contributed by atoms with E-state index >= 15 is 0 Å². The molecule has 1 aromatic heterocycles. The van der Waals surface area contributed by atoms with Crippen molar-refractivity contribution in [1.82, 2.24) is 9.97 Å². The van der Waals surface area contributed by atoms with E-state index in [2.05, 4.69) is 31.0 Å². The molecule has 1 N–H and O–H groups in total. The molecule has 1 heterocycles. The van der Waals surface area contributed by atoms with Crippen LogP contribution in [0.4, 0.5) is 11.8 Å². The molecule has 0 unspecified atom stereocenters. The largest absolute Gasteiger partial charge is 0.370 e. The van der Waals surface area contributed by atoms with Gasteiger partial charge in [-0.2, -0.15) is 4.98 Å². The lowest BCUT2D eigenvalue weighted by molar-refractivity contribution is 0.810. The molecule has 0 saturated carbocycles. The molecule has 0 amide bonds. The second-order valence-corrected chi connectivity index (χ2v) is 4.75. The third kappa shape index (κ3) is 2.57. The quantitative estimate of drug-likeness (QED) is 0.840. The zero-order chi connectivity index (χ0) is 13.0. The smallest absolute Gasteiger partial charge is 0.227 e. The number of nitrogens with one attached hydrogen (secondary N) is 1. The van der Waals surface area contributed by atoms with Gasteiger partial charge in [0.05, 0.1) is 5.69 Å². The summed E-state index contributed by atoms with van der Waals surface area (Å²) in [7, 11) is 0. The molecule has 4 nitrogen and oxygen atoms in total. The fourth-order valence-electron chi connectivity index (χ4n) is 2.46. The highest BCUT2D eigenvalue weighted by Gasteiger charge is 2.20. The van der Waals surface area contributed by atoms with Crippen LogP contribution in [0.1, 0.15) is 44.9 Å². The van der Waals surface area contributed by atoms with Gasteiger partial charge < -0.3 is 10.2 Å². The molecule has 0 fully saturated rings. The summed E-state index contributed by atoms with van der Waals surface area (Å²) in [4.78, 5) is 11.7. The third-order valence-electron chi connectivity index (χ3n) is 3.51. The van der Waals surface area contributed by atoms with E-state index in [1.165, 1.54) is 17.7 Å². The van der Waals surface area contributed by atoms with Gasteiger partial charge in [-0.3, -0.25) is 0 Å². The van der Waals surface area contributed by atoms with Gasteiger partial charge in [0.15, 0.2) is 0 Å². The van der Waals surface area contributed by atoms with Crippen LogP contribution in [0, 0.1) is 0 Å². The fourth-order valence-corrected chi connectivity index (χ4v) is 2.46. The highest BCUT2D eigenvalue weighted by Crippen LogP contribution is 2.28. The Morgan fingerprint density at radius 1 is 1.11 bits per heavy atom. The van der Waals surface area contributed by atoms with Crippen molar-refractivity contribution in [3.05, 3.63) is 11.3 Å². The van der Waals surface area contributed by atoms with Gasteiger partial charge in [-0.25, -0.2) is 4.98 Å². The molecule has 18 heavy (non-hydrogen) atoms. The van der Waals surface area contributed by atoms with Gasteiger partial charge >= 0.3 is 0 Å². The molecule has 0 saturated heterocycles. The fraction of sp³-hybridized carbons (Fsp3) is 0.714. The second kappa shape index (κ2) is 6.03. The van der Waals surface area contributed by atoms with Crippen LogP contribution in [0.15, 0.2) is 0 Å². The summed E-state index contributed by atoms with van der Waals surface area (Å²) in [5.74, 6) is 1.96. The Bertz CT molecular complexity index is 399. The molecular formula is C14H24N4. The lowest BCUT2D eigenvalue weighted by Gasteiger charge is -2.21. The van der Waals surface area contributed by atoms with Crippen molar-refractivity contribution in [2.24, 2.45) is 0 Å². The number of hydrogen-bond donors (Lipinski definition) is 1. The first-order chi connectivity index (χ1) is 8.80. The lowest BCUT2D eigenvalue weighted by Crippen LogP contribution is -2.25. The summed E-state index contributed by atoms with van der Waals surface area (Å²) in [6, 6.07) is 0. The number of rotatable bonds is 6. The Balaban J connectivity index is 2.32. The average Bonchev–Trinajstić information content (AvgIpc) is 2.85. The zero-order valence-corrected chi connectivity index (χ0v) is 11.8. The topological polar surface area (TPSA) is 41.1 Å². The molecular weight excluding hydrogens is 224 g/mol. The molecule has 100 valence electrons. The highest BCUT2D eigenvalue weighted by molar-refractivity contribution is 5.53. The van der Waals surface area contributed by atoms with Crippen LogP contribution >= 0.6 is 0 Å². The van der Waals surface area contributed by atoms with E-state index in [1.54, 1.807) is 0 Å². The van der Waals surface area contributed by atoms with Gasteiger partial charge in [0.25, 0.3) is 0 Å². The molecule has 4 heteroatoms. The Morgan fingerprint density at radius 2 is 1.89 bits per heavy atom. The van der Waals surface area contributed by atoms with E-state index < -0.39 is 0 Å². The van der Waals surface area contributed by atoms with Crippen LogP contribution in [0.3, 0.4) is 0 Å². The van der Waals surface area contributed by atoms with E-state index in [1.807, 2.05) is 0 Å². The van der Waals surface area contributed by atoms with Crippen molar-refractivity contribution >= 4 is 11.8 Å². The van der Waals surface area contributed by atoms with Gasteiger partial charge in [0.2, 0.25) is 5.95 Å². The monoisotopic (exact) mass is 248 g/mol. The molecule has 0 spiro atoms. The van der Waals surface area contributed by atoms with Crippen molar-refractivity contribution in [2.45, 2.75) is 46.5 Å². The van der Waals surface area contributed by atoms with Crippen molar-refractivity contribution in [3.63, 3.8) is 0 Å². The summed E-state index contributed by atoms with van der Waals surface area (Å²) in [6.07, 6.45) is 4.57. The molecule has 0 aromatic carbocycles. The number of aromatic nitrogens is 2. The van der Waals surface area contributed by atoms with Gasteiger partial charge in [-0.15, -0.1) is 0 Å². The van der Waals surface area contributed by atoms with Gasteiger partial charge in [-0.05, 0) is 39.5 Å². The molecule has 0 aliphatic heterocycles. The van der Waals surface area contributed by atoms with E-state index in [9.17, 15) is 0 Å². The molecule has 0 radical (unpaired) electrons. The predicted molar refractivity (Wildman–Crippen MR) is 76.4 cm³/mol. The van der Waals surface area contributed by atoms with E-state index in [4.69, 9.17) is 9.97 Å². The number of nitrogens with zero attached hydrogens (tertiary/aromatic N) is 3. The van der Waals surface area contributed by atoms with Crippen LogP contribution in [0.5, 0.6) is 0 Å². The summed E-state index contributed by atoms with van der Waals surface area (Å²) < 4.78 is 0. The van der Waals surface area contributed by atoms with Crippen molar-refractivity contribution in [1.29, 1.82) is 0 Å². The van der Waals surface area contributed by atoms with E-state index in [0.717, 1.165) is 50.7 Å². The molecule has 1 aliphatic rings. The molecule has 1 aliphatic carbocycles. The number of anilines is 2. The SMILES string of the molecule is CCCNc1nc(N(CC)CC)nc2c1CCC2. The minimum atomic E-state index is 0.888. The normalized spacial score (nSPS) is 13.5. The summed E-state index contributed by atoms with van der Waals surface area (Å²) in [5, 5.41) is 3.46. The maximum atomic E-state index is 4.74. The Morgan fingerprint density at radius 3 is 2.56 bits per heavy atom. The summed E-state index contributed by atoms with van der Waals surface area (Å²) in [6.45, 7) is 9.39. The van der Waals surface area contributed by atoms with Crippen LogP contribution in [-0.2, 0) is 12.8 Å². The molecule has 1 aromatic rings. The maximum absolute atomic E-state index is 4.74. The van der Waals surface area contributed by atoms with E-state index in [-0.39, 0.29) is 0 Å². The molecule has 0 bridgehead atoms. The Kier molecular flexibility index (Phi) is 4.39. The number of fused-ring (bicyclic) bond motifs is 1. The second-order valence-electron chi connectivity index (χ2n) is 4.75. The molecule has 2 rings (SSSR count). The minimum absolute atomic E-state index is 0.888. The van der Waals surface area contributed by atoms with Gasteiger partial charge in [0.1, 0.15) is 5.82 Å². The average molecular weight is 248 g/mol. The van der Waals surface area contributed by atoms with Gasteiger partial charge in [-0.1, -0.05) is 6.92 Å². The van der Waals surface area contributed by atoms with Gasteiger partial charge in [0, 0.05) is 25.2 Å². The lowest BCUT2D eigenvalue weighted by atomic mass is 10.2. The standard InChI is InChI=1S/C14H24N4/c1-4-10-15-13-11-8-7-9-12(11)16-14(17-13)18(5-2)6-3/h4-10H2,1-3H3,(H,15,16,17).